The van der Waals surface area contributed by atoms with Crippen LogP contribution in [0.2, 0.25) is 0 Å². The largest absolute Gasteiger partial charge is 0.444 e. The summed E-state index contributed by atoms with van der Waals surface area (Å²) in [5.41, 5.74) is 6.64. The molecule has 4 rings (SSSR count). The van der Waals surface area contributed by atoms with Crippen molar-refractivity contribution in [2.45, 2.75) is 6.92 Å². The van der Waals surface area contributed by atoms with Gasteiger partial charge in [-0.15, -0.1) is 0 Å². The van der Waals surface area contributed by atoms with Crippen LogP contribution < -0.4 is 0 Å². The minimum absolute atomic E-state index is 0.647. The van der Waals surface area contributed by atoms with Crippen LogP contribution in [-0.2, 0) is 0 Å². The van der Waals surface area contributed by atoms with Crippen LogP contribution in [0.5, 0.6) is 0 Å². The van der Waals surface area contributed by atoms with E-state index in [1.54, 1.807) is 6.26 Å². The van der Waals surface area contributed by atoms with Gasteiger partial charge in [-0.2, -0.15) is 0 Å². The lowest BCUT2D eigenvalue weighted by atomic mass is 9.99. The zero-order valence-electron chi connectivity index (χ0n) is 13.4. The highest BCUT2D eigenvalue weighted by Crippen LogP contribution is 2.28. The third kappa shape index (κ3) is 2.74. The second-order valence-electron chi connectivity index (χ2n) is 5.80. The highest BCUT2D eigenvalue weighted by molar-refractivity contribution is 5.71. The van der Waals surface area contributed by atoms with E-state index in [-0.39, 0.29) is 0 Å². The van der Waals surface area contributed by atoms with Crippen LogP contribution in [0, 0.1) is 6.92 Å². The Morgan fingerprint density at radius 2 is 1.33 bits per heavy atom. The fourth-order valence-corrected chi connectivity index (χ4v) is 2.84. The van der Waals surface area contributed by atoms with Gasteiger partial charge < -0.3 is 4.42 Å². The van der Waals surface area contributed by atoms with Gasteiger partial charge in [0, 0.05) is 11.1 Å². The summed E-state index contributed by atoms with van der Waals surface area (Å²) in [4.78, 5) is 4.60. The summed E-state index contributed by atoms with van der Waals surface area (Å²) in [6, 6.07) is 26.8. The highest BCUT2D eigenvalue weighted by atomic mass is 16.3. The normalized spacial score (nSPS) is 10.7. The average molecular weight is 311 g/mol. The molecule has 2 nitrogen and oxygen atoms in total. The van der Waals surface area contributed by atoms with Crippen molar-refractivity contribution in [2.75, 3.05) is 0 Å². The van der Waals surface area contributed by atoms with Gasteiger partial charge in [0.2, 0.25) is 5.89 Å². The molecule has 0 aliphatic heterocycles. The van der Waals surface area contributed by atoms with E-state index in [4.69, 9.17) is 4.42 Å². The Hall–Kier alpha value is -3.13. The quantitative estimate of drug-likeness (QED) is 0.465. The molecule has 0 saturated heterocycles. The Balaban J connectivity index is 1.64. The molecule has 0 aliphatic rings. The van der Waals surface area contributed by atoms with Gasteiger partial charge in [-0.05, 0) is 35.7 Å². The number of aromatic nitrogens is 1. The molecule has 0 N–H and O–H groups in total. The van der Waals surface area contributed by atoms with E-state index in [1.165, 1.54) is 16.7 Å². The summed E-state index contributed by atoms with van der Waals surface area (Å²) < 4.78 is 5.63. The predicted molar refractivity (Wildman–Crippen MR) is 97.5 cm³/mol. The lowest BCUT2D eigenvalue weighted by Gasteiger charge is -2.06. The second kappa shape index (κ2) is 6.17. The van der Waals surface area contributed by atoms with Crippen molar-refractivity contribution < 1.29 is 4.42 Å². The van der Waals surface area contributed by atoms with Crippen LogP contribution in [-0.4, -0.2) is 4.98 Å². The molecule has 0 spiro atoms. The van der Waals surface area contributed by atoms with E-state index >= 15 is 0 Å². The molecular formula is C22H17NO. The molecule has 1 aromatic heterocycles. The van der Waals surface area contributed by atoms with Gasteiger partial charge in [-0.25, -0.2) is 4.98 Å². The van der Waals surface area contributed by atoms with Crippen LogP contribution in [0.1, 0.15) is 5.56 Å². The molecule has 0 unspecified atom stereocenters. The van der Waals surface area contributed by atoms with E-state index in [2.05, 4.69) is 60.4 Å². The molecule has 1 heterocycles. The summed E-state index contributed by atoms with van der Waals surface area (Å²) in [7, 11) is 0. The average Bonchev–Trinajstić information content (AvgIpc) is 3.13. The Bertz CT molecular complexity index is 953. The third-order valence-corrected chi connectivity index (χ3v) is 4.16. The molecule has 4 aromatic rings. The van der Waals surface area contributed by atoms with Gasteiger partial charge in [-0.1, -0.05) is 66.7 Å². The van der Waals surface area contributed by atoms with Crippen LogP contribution in [0.25, 0.3) is 33.8 Å². The summed E-state index contributed by atoms with van der Waals surface area (Å²) in [6.07, 6.45) is 1.71. The van der Waals surface area contributed by atoms with Gasteiger partial charge in [0.15, 0.2) is 0 Å². The summed E-state index contributed by atoms with van der Waals surface area (Å²) in [5, 5.41) is 0. The van der Waals surface area contributed by atoms with Gasteiger partial charge in [-0.3, -0.25) is 0 Å². The fourth-order valence-electron chi connectivity index (χ4n) is 2.84. The van der Waals surface area contributed by atoms with Crippen molar-refractivity contribution in [2.24, 2.45) is 0 Å². The summed E-state index contributed by atoms with van der Waals surface area (Å²) in [5.74, 6) is 0.647. The van der Waals surface area contributed by atoms with Crippen molar-refractivity contribution in [1.82, 2.24) is 4.98 Å². The van der Waals surface area contributed by atoms with Crippen molar-refractivity contribution in [3.05, 3.63) is 90.7 Å². The van der Waals surface area contributed by atoms with E-state index in [0.717, 1.165) is 16.8 Å². The Morgan fingerprint density at radius 3 is 2.08 bits per heavy atom. The number of rotatable bonds is 3. The number of nitrogens with zero attached hydrogens (tertiary/aromatic N) is 1. The van der Waals surface area contributed by atoms with E-state index in [9.17, 15) is 0 Å². The minimum Gasteiger partial charge on any atom is -0.444 e. The molecule has 0 amide bonds. The molecule has 0 fully saturated rings. The number of hydrogen-bond acceptors (Lipinski definition) is 2. The maximum absolute atomic E-state index is 5.63. The molecular weight excluding hydrogens is 294 g/mol. The second-order valence-corrected chi connectivity index (χ2v) is 5.80. The Morgan fingerprint density at radius 1 is 0.667 bits per heavy atom. The lowest BCUT2D eigenvalue weighted by Crippen LogP contribution is -1.84. The first kappa shape index (κ1) is 14.5. The van der Waals surface area contributed by atoms with Gasteiger partial charge in [0.1, 0.15) is 12.0 Å². The highest BCUT2D eigenvalue weighted by Gasteiger charge is 2.08. The number of oxazole rings is 1. The van der Waals surface area contributed by atoms with Crippen molar-refractivity contribution in [1.29, 1.82) is 0 Å². The predicted octanol–water partition coefficient (Wildman–Crippen LogP) is 5.98. The maximum Gasteiger partial charge on any atom is 0.226 e. The van der Waals surface area contributed by atoms with Gasteiger partial charge in [0.25, 0.3) is 0 Å². The standard InChI is InChI=1S/C22H17NO/c1-16-7-5-6-10-20(16)17-11-13-18(14-12-17)21-15-24-22(23-21)19-8-3-2-4-9-19/h2-15H,1H3. The first-order valence-corrected chi connectivity index (χ1v) is 7.99. The zero-order chi connectivity index (χ0) is 16.4. The third-order valence-electron chi connectivity index (χ3n) is 4.16. The number of aryl methyl sites for hydroxylation is 1. The van der Waals surface area contributed by atoms with Crippen LogP contribution in [0.4, 0.5) is 0 Å². The molecule has 0 saturated carbocycles. The van der Waals surface area contributed by atoms with E-state index < -0.39 is 0 Å². The number of benzene rings is 3. The monoisotopic (exact) mass is 311 g/mol. The molecule has 3 aromatic carbocycles. The number of hydrogen-bond donors (Lipinski definition) is 0. The van der Waals surface area contributed by atoms with Crippen molar-refractivity contribution >= 4 is 0 Å². The van der Waals surface area contributed by atoms with Gasteiger partial charge in [0.05, 0.1) is 0 Å². The van der Waals surface area contributed by atoms with Gasteiger partial charge >= 0.3 is 0 Å². The minimum atomic E-state index is 0.647. The Kier molecular flexibility index (Phi) is 3.72. The zero-order valence-corrected chi connectivity index (χ0v) is 13.4. The molecule has 0 bridgehead atoms. The SMILES string of the molecule is Cc1ccccc1-c1ccc(-c2coc(-c3ccccc3)n2)cc1. The van der Waals surface area contributed by atoms with E-state index in [1.807, 2.05) is 30.3 Å². The Labute approximate surface area is 141 Å². The maximum atomic E-state index is 5.63. The summed E-state index contributed by atoms with van der Waals surface area (Å²) >= 11 is 0. The molecule has 0 radical (unpaired) electrons. The topological polar surface area (TPSA) is 26.0 Å². The van der Waals surface area contributed by atoms with Crippen molar-refractivity contribution in [3.63, 3.8) is 0 Å². The molecule has 116 valence electrons. The molecule has 24 heavy (non-hydrogen) atoms. The first-order chi connectivity index (χ1) is 11.8. The molecule has 2 heteroatoms. The molecule has 0 atom stereocenters. The van der Waals surface area contributed by atoms with E-state index in [0.29, 0.717) is 5.89 Å². The summed E-state index contributed by atoms with van der Waals surface area (Å²) in [6.45, 7) is 2.13. The molecule has 0 aliphatic carbocycles. The fraction of sp³-hybridized carbons (Fsp3) is 0.0455. The van der Waals surface area contributed by atoms with Crippen LogP contribution in [0.3, 0.4) is 0 Å². The van der Waals surface area contributed by atoms with Crippen LogP contribution >= 0.6 is 0 Å². The first-order valence-electron chi connectivity index (χ1n) is 7.99. The van der Waals surface area contributed by atoms with Crippen LogP contribution in [0.15, 0.2) is 89.5 Å². The smallest absolute Gasteiger partial charge is 0.226 e. The lowest BCUT2D eigenvalue weighted by molar-refractivity contribution is 0.575. The van der Waals surface area contributed by atoms with Crippen molar-refractivity contribution in [3.8, 4) is 33.8 Å².